The molecule has 1 aromatic heterocycles. The fourth-order valence-corrected chi connectivity index (χ4v) is 3.94. The number of ether oxygens (including phenoxy) is 1. The van der Waals surface area contributed by atoms with Crippen LogP contribution in [0.4, 0.5) is 0 Å². The number of nitrogens with two attached hydrogens (primary N) is 1. The van der Waals surface area contributed by atoms with Crippen molar-refractivity contribution in [2.75, 3.05) is 7.11 Å². The number of methoxy groups -OCH3 is 1. The van der Waals surface area contributed by atoms with Gasteiger partial charge in [0.25, 0.3) is 0 Å². The molecule has 1 atom stereocenters. The third-order valence-electron chi connectivity index (χ3n) is 4.60. The smallest absolute Gasteiger partial charge is 0.337 e. The van der Waals surface area contributed by atoms with Crippen LogP contribution in [0, 0.1) is 0 Å². The zero-order valence-electron chi connectivity index (χ0n) is 16.7. The molecule has 6 nitrogen and oxygen atoms in total. The van der Waals surface area contributed by atoms with Crippen LogP contribution >= 0.6 is 11.8 Å². The lowest BCUT2D eigenvalue weighted by molar-refractivity contribution is 0.0600. The molecule has 2 N–H and O–H groups in total. The van der Waals surface area contributed by atoms with Gasteiger partial charge in [-0.1, -0.05) is 67.6 Å². The number of aromatic nitrogens is 3. The average Bonchev–Trinajstić information content (AvgIpc) is 3.15. The van der Waals surface area contributed by atoms with Crippen molar-refractivity contribution in [3.05, 3.63) is 77.1 Å². The van der Waals surface area contributed by atoms with E-state index in [4.69, 9.17) is 10.5 Å². The Morgan fingerprint density at radius 3 is 2.48 bits per heavy atom. The van der Waals surface area contributed by atoms with E-state index in [9.17, 15) is 4.79 Å². The average molecular weight is 411 g/mol. The Kier molecular flexibility index (Phi) is 7.43. The molecular weight excluding hydrogens is 384 g/mol. The van der Waals surface area contributed by atoms with Crippen molar-refractivity contribution < 1.29 is 9.53 Å². The number of rotatable bonds is 9. The van der Waals surface area contributed by atoms with E-state index in [1.54, 1.807) is 23.9 Å². The number of carbonyl (C=O) groups is 1. The van der Waals surface area contributed by atoms with Crippen molar-refractivity contribution in [3.8, 4) is 0 Å². The minimum absolute atomic E-state index is 0.134. The van der Waals surface area contributed by atoms with Gasteiger partial charge < -0.3 is 15.0 Å². The molecule has 0 aliphatic heterocycles. The molecule has 0 saturated heterocycles. The Morgan fingerprint density at radius 2 is 1.83 bits per heavy atom. The molecule has 0 fully saturated rings. The van der Waals surface area contributed by atoms with Crippen molar-refractivity contribution in [1.82, 2.24) is 14.8 Å². The van der Waals surface area contributed by atoms with E-state index in [-0.39, 0.29) is 12.0 Å². The van der Waals surface area contributed by atoms with Crippen LogP contribution in [0.1, 0.15) is 53.1 Å². The number of esters is 1. The third-order valence-corrected chi connectivity index (χ3v) is 5.64. The van der Waals surface area contributed by atoms with Crippen LogP contribution in [0.25, 0.3) is 0 Å². The van der Waals surface area contributed by atoms with Gasteiger partial charge in [0.05, 0.1) is 25.3 Å². The van der Waals surface area contributed by atoms with E-state index in [1.807, 2.05) is 30.3 Å². The highest BCUT2D eigenvalue weighted by molar-refractivity contribution is 7.98. The van der Waals surface area contributed by atoms with Gasteiger partial charge in [0, 0.05) is 5.75 Å². The second kappa shape index (κ2) is 10.2. The van der Waals surface area contributed by atoms with E-state index in [2.05, 4.69) is 33.8 Å². The molecule has 0 aliphatic rings. The Labute approximate surface area is 175 Å². The topological polar surface area (TPSA) is 83.0 Å². The zero-order valence-corrected chi connectivity index (χ0v) is 17.6. The predicted octanol–water partition coefficient (Wildman–Crippen LogP) is 4.21. The van der Waals surface area contributed by atoms with Gasteiger partial charge in [-0.15, -0.1) is 10.2 Å². The summed E-state index contributed by atoms with van der Waals surface area (Å²) in [5.74, 6) is 1.21. The van der Waals surface area contributed by atoms with Gasteiger partial charge in [0.1, 0.15) is 0 Å². The third kappa shape index (κ3) is 5.46. The lowest BCUT2D eigenvalue weighted by Crippen LogP contribution is -2.17. The van der Waals surface area contributed by atoms with Crippen molar-refractivity contribution in [3.63, 3.8) is 0 Å². The molecule has 152 valence electrons. The Morgan fingerprint density at radius 1 is 1.10 bits per heavy atom. The second-order valence-corrected chi connectivity index (χ2v) is 7.73. The molecule has 0 radical (unpaired) electrons. The molecular formula is C22H26N4O2S. The molecule has 0 saturated carbocycles. The van der Waals surface area contributed by atoms with Gasteiger partial charge in [0.2, 0.25) is 0 Å². The Bertz CT molecular complexity index is 926. The summed E-state index contributed by atoms with van der Waals surface area (Å²) in [6.07, 6.45) is 1.86. The van der Waals surface area contributed by atoms with Crippen LogP contribution in [0.3, 0.4) is 0 Å². The van der Waals surface area contributed by atoms with Crippen molar-refractivity contribution in [1.29, 1.82) is 0 Å². The van der Waals surface area contributed by atoms with Crippen molar-refractivity contribution in [2.45, 2.75) is 43.3 Å². The summed E-state index contributed by atoms with van der Waals surface area (Å²) >= 11 is 1.61. The van der Waals surface area contributed by atoms with Crippen LogP contribution in [-0.4, -0.2) is 27.8 Å². The summed E-state index contributed by atoms with van der Waals surface area (Å²) in [5.41, 5.74) is 9.18. The number of hydrogen-bond donors (Lipinski definition) is 1. The number of benzene rings is 2. The Hall–Kier alpha value is -2.64. The molecule has 3 rings (SSSR count). The van der Waals surface area contributed by atoms with Crippen LogP contribution in [0.15, 0.2) is 59.8 Å². The molecule has 0 bridgehead atoms. The monoisotopic (exact) mass is 410 g/mol. The van der Waals surface area contributed by atoms with Gasteiger partial charge in [0.15, 0.2) is 11.0 Å². The quantitative estimate of drug-likeness (QED) is 0.420. The summed E-state index contributed by atoms with van der Waals surface area (Å²) in [5, 5.41) is 9.65. The van der Waals surface area contributed by atoms with Crippen LogP contribution in [0.5, 0.6) is 0 Å². The van der Waals surface area contributed by atoms with Gasteiger partial charge in [-0.3, -0.25) is 0 Å². The maximum Gasteiger partial charge on any atom is 0.337 e. The molecule has 0 aliphatic carbocycles. The standard InChI is InChI=1S/C22H26N4O2S/c1-3-7-19(23)20-24-25-22(26(20)14-16-8-5-4-6-9-16)29-15-17-10-12-18(13-11-17)21(27)28-2/h4-6,8-13,19H,3,7,14-15,23H2,1-2H3. The highest BCUT2D eigenvalue weighted by Crippen LogP contribution is 2.26. The number of nitrogens with zero attached hydrogens (tertiary/aromatic N) is 3. The summed E-state index contributed by atoms with van der Waals surface area (Å²) in [7, 11) is 1.38. The maximum absolute atomic E-state index is 11.6. The zero-order chi connectivity index (χ0) is 20.6. The number of thioether (sulfide) groups is 1. The lowest BCUT2D eigenvalue weighted by atomic mass is 10.1. The number of hydrogen-bond acceptors (Lipinski definition) is 6. The first-order valence-corrected chi connectivity index (χ1v) is 10.6. The van der Waals surface area contributed by atoms with E-state index in [1.165, 1.54) is 12.7 Å². The molecule has 7 heteroatoms. The summed E-state index contributed by atoms with van der Waals surface area (Å²) in [4.78, 5) is 11.6. The van der Waals surface area contributed by atoms with Crippen molar-refractivity contribution in [2.24, 2.45) is 5.73 Å². The predicted molar refractivity (Wildman–Crippen MR) is 115 cm³/mol. The van der Waals surface area contributed by atoms with Gasteiger partial charge in [-0.2, -0.15) is 0 Å². The molecule has 0 spiro atoms. The molecule has 1 heterocycles. The first-order valence-electron chi connectivity index (χ1n) is 9.65. The highest BCUT2D eigenvalue weighted by Gasteiger charge is 2.18. The minimum Gasteiger partial charge on any atom is -0.465 e. The number of carbonyl (C=O) groups excluding carboxylic acids is 1. The first-order chi connectivity index (χ1) is 14.1. The maximum atomic E-state index is 11.6. The normalized spacial score (nSPS) is 12.0. The van der Waals surface area contributed by atoms with Gasteiger partial charge >= 0.3 is 5.97 Å². The van der Waals surface area contributed by atoms with Crippen LogP contribution in [-0.2, 0) is 17.0 Å². The van der Waals surface area contributed by atoms with Gasteiger partial charge in [-0.05, 0) is 29.7 Å². The summed E-state index contributed by atoms with van der Waals surface area (Å²) in [6, 6.07) is 17.5. The van der Waals surface area contributed by atoms with Crippen LogP contribution < -0.4 is 5.73 Å². The van der Waals surface area contributed by atoms with E-state index < -0.39 is 0 Å². The molecule has 0 amide bonds. The molecule has 2 aromatic carbocycles. The fourth-order valence-electron chi connectivity index (χ4n) is 3.04. The van der Waals surface area contributed by atoms with E-state index in [0.717, 1.165) is 35.1 Å². The van der Waals surface area contributed by atoms with Crippen molar-refractivity contribution >= 4 is 17.7 Å². The summed E-state index contributed by atoms with van der Waals surface area (Å²) < 4.78 is 6.86. The lowest BCUT2D eigenvalue weighted by Gasteiger charge is -2.14. The first kappa shape index (κ1) is 21.1. The molecule has 29 heavy (non-hydrogen) atoms. The largest absolute Gasteiger partial charge is 0.465 e. The minimum atomic E-state index is -0.332. The van der Waals surface area contributed by atoms with Crippen LogP contribution in [0.2, 0.25) is 0 Å². The highest BCUT2D eigenvalue weighted by atomic mass is 32.2. The SMILES string of the molecule is CCCC(N)c1nnc(SCc2ccc(C(=O)OC)cc2)n1Cc1ccccc1. The fraction of sp³-hybridized carbons (Fsp3) is 0.318. The molecule has 1 unspecified atom stereocenters. The molecule has 3 aromatic rings. The van der Waals surface area contributed by atoms with Gasteiger partial charge in [-0.25, -0.2) is 4.79 Å². The van der Waals surface area contributed by atoms with E-state index in [0.29, 0.717) is 12.1 Å². The summed E-state index contributed by atoms with van der Waals surface area (Å²) in [6.45, 7) is 2.80. The van der Waals surface area contributed by atoms with E-state index >= 15 is 0 Å². The second-order valence-electron chi connectivity index (χ2n) is 6.78. The Balaban J connectivity index is 1.78.